The van der Waals surface area contributed by atoms with Crippen LogP contribution in [0.25, 0.3) is 11.1 Å². The van der Waals surface area contributed by atoms with Crippen molar-refractivity contribution in [3.05, 3.63) is 54.0 Å². The molecule has 112 valence electrons. The Balaban J connectivity index is 1.81. The van der Waals surface area contributed by atoms with Gasteiger partial charge in [-0.05, 0) is 31.2 Å². The number of carbonyl (C=O) groups is 1. The van der Waals surface area contributed by atoms with Gasteiger partial charge in [0.25, 0.3) is 0 Å². The normalized spacial score (nSPS) is 12.1. The Morgan fingerprint density at radius 2 is 2.05 bits per heavy atom. The van der Waals surface area contributed by atoms with Crippen molar-refractivity contribution in [1.29, 1.82) is 0 Å². The van der Waals surface area contributed by atoms with E-state index in [-0.39, 0.29) is 11.4 Å². The van der Waals surface area contributed by atoms with E-state index in [1.165, 1.54) is 7.11 Å². The van der Waals surface area contributed by atoms with Gasteiger partial charge >= 0.3 is 5.97 Å². The van der Waals surface area contributed by atoms with Crippen molar-refractivity contribution in [2.75, 3.05) is 7.11 Å². The number of ether oxygens (including phenoxy) is 2. The summed E-state index contributed by atoms with van der Waals surface area (Å²) in [5.74, 6) is 0.0226. The fourth-order valence-electron chi connectivity index (χ4n) is 2.05. The molecule has 0 fully saturated rings. The molecule has 2 heterocycles. The molecule has 1 atom stereocenters. The van der Waals surface area contributed by atoms with Gasteiger partial charge in [0, 0.05) is 6.20 Å². The summed E-state index contributed by atoms with van der Waals surface area (Å²) in [4.78, 5) is 20.5. The highest BCUT2D eigenvalue weighted by atomic mass is 16.6. The fourth-order valence-corrected chi connectivity index (χ4v) is 2.05. The molecule has 0 radical (unpaired) electrons. The fraction of sp³-hybridized carbons (Fsp3) is 0.188. The molecule has 0 aliphatic heterocycles. The SMILES string of the molecule is COc1ncccc1C(=O)O[C@@H](C)c1nc2ccccc2o1. The Morgan fingerprint density at radius 1 is 1.23 bits per heavy atom. The first kappa shape index (κ1) is 14.1. The smallest absolute Gasteiger partial charge is 0.344 e. The van der Waals surface area contributed by atoms with Crippen molar-refractivity contribution < 1.29 is 18.7 Å². The molecule has 2 aromatic heterocycles. The van der Waals surface area contributed by atoms with Gasteiger partial charge in [-0.1, -0.05) is 12.1 Å². The molecule has 6 nitrogen and oxygen atoms in total. The second kappa shape index (κ2) is 5.85. The van der Waals surface area contributed by atoms with Crippen LogP contribution in [-0.2, 0) is 4.74 Å². The van der Waals surface area contributed by atoms with Crippen LogP contribution in [0.2, 0.25) is 0 Å². The number of hydrogen-bond donors (Lipinski definition) is 0. The van der Waals surface area contributed by atoms with Gasteiger partial charge in [0.2, 0.25) is 11.8 Å². The van der Waals surface area contributed by atoms with Crippen LogP contribution >= 0.6 is 0 Å². The minimum Gasteiger partial charge on any atom is -0.480 e. The predicted octanol–water partition coefficient (Wildman–Crippen LogP) is 3.15. The summed E-state index contributed by atoms with van der Waals surface area (Å²) >= 11 is 0. The molecule has 3 rings (SSSR count). The first-order chi connectivity index (χ1) is 10.7. The van der Waals surface area contributed by atoms with Gasteiger partial charge in [0.15, 0.2) is 11.7 Å². The van der Waals surface area contributed by atoms with Crippen LogP contribution in [-0.4, -0.2) is 23.0 Å². The van der Waals surface area contributed by atoms with E-state index in [0.29, 0.717) is 11.5 Å². The standard InChI is InChI=1S/C16H14N2O4/c1-10(14-18-12-7-3-4-8-13(12)22-14)21-16(19)11-6-5-9-17-15(11)20-2/h3-10H,1-2H3/t10-/m0/s1. The van der Waals surface area contributed by atoms with Crippen molar-refractivity contribution in [3.63, 3.8) is 0 Å². The van der Waals surface area contributed by atoms with Crippen molar-refractivity contribution in [2.45, 2.75) is 13.0 Å². The first-order valence-electron chi connectivity index (χ1n) is 6.74. The van der Waals surface area contributed by atoms with Gasteiger partial charge in [-0.3, -0.25) is 0 Å². The maximum Gasteiger partial charge on any atom is 0.344 e. The third-order valence-electron chi connectivity index (χ3n) is 3.13. The van der Waals surface area contributed by atoms with E-state index >= 15 is 0 Å². The second-order valence-corrected chi connectivity index (χ2v) is 4.63. The summed E-state index contributed by atoms with van der Waals surface area (Å²) in [6.07, 6.45) is 0.921. The molecular weight excluding hydrogens is 284 g/mol. The first-order valence-corrected chi connectivity index (χ1v) is 6.74. The monoisotopic (exact) mass is 298 g/mol. The summed E-state index contributed by atoms with van der Waals surface area (Å²) < 4.78 is 16.0. The van der Waals surface area contributed by atoms with E-state index < -0.39 is 12.1 Å². The summed E-state index contributed by atoms with van der Waals surface area (Å²) in [5.41, 5.74) is 1.63. The van der Waals surface area contributed by atoms with Crippen molar-refractivity contribution in [3.8, 4) is 5.88 Å². The minimum atomic E-state index is -0.621. The Bertz CT molecular complexity index is 780. The Labute approximate surface area is 126 Å². The molecule has 0 N–H and O–H groups in total. The molecule has 0 aliphatic carbocycles. The quantitative estimate of drug-likeness (QED) is 0.689. The number of benzene rings is 1. The van der Waals surface area contributed by atoms with Gasteiger partial charge in [-0.15, -0.1) is 0 Å². The number of aromatic nitrogens is 2. The lowest BCUT2D eigenvalue weighted by Crippen LogP contribution is -2.11. The number of esters is 1. The molecule has 0 saturated heterocycles. The van der Waals surface area contributed by atoms with E-state index in [0.717, 1.165) is 5.52 Å². The zero-order chi connectivity index (χ0) is 15.5. The molecule has 0 amide bonds. The number of rotatable bonds is 4. The largest absolute Gasteiger partial charge is 0.480 e. The third kappa shape index (κ3) is 2.63. The second-order valence-electron chi connectivity index (χ2n) is 4.63. The van der Waals surface area contributed by atoms with Crippen LogP contribution in [0.1, 0.15) is 29.3 Å². The lowest BCUT2D eigenvalue weighted by Gasteiger charge is -2.11. The molecule has 0 aliphatic rings. The Hall–Kier alpha value is -2.89. The molecule has 3 aromatic rings. The van der Waals surface area contributed by atoms with Gasteiger partial charge in [0.05, 0.1) is 7.11 Å². The number of nitrogens with zero attached hydrogens (tertiary/aromatic N) is 2. The summed E-state index contributed by atoms with van der Waals surface area (Å²) in [6, 6.07) is 10.6. The van der Waals surface area contributed by atoms with E-state index in [1.54, 1.807) is 25.3 Å². The number of methoxy groups -OCH3 is 1. The number of oxazole rings is 1. The maximum atomic E-state index is 12.2. The van der Waals surface area contributed by atoms with E-state index in [2.05, 4.69) is 9.97 Å². The number of para-hydroxylation sites is 2. The summed E-state index contributed by atoms with van der Waals surface area (Å²) in [7, 11) is 1.45. The van der Waals surface area contributed by atoms with Crippen molar-refractivity contribution in [2.24, 2.45) is 0 Å². The predicted molar refractivity (Wildman–Crippen MR) is 78.6 cm³/mol. The molecule has 0 saturated carbocycles. The van der Waals surface area contributed by atoms with Crippen LogP contribution in [0.3, 0.4) is 0 Å². The van der Waals surface area contributed by atoms with Gasteiger partial charge in [-0.25, -0.2) is 14.8 Å². The van der Waals surface area contributed by atoms with Gasteiger partial charge < -0.3 is 13.9 Å². The molecule has 6 heteroatoms. The third-order valence-corrected chi connectivity index (χ3v) is 3.13. The van der Waals surface area contributed by atoms with Gasteiger partial charge in [0.1, 0.15) is 11.1 Å². The van der Waals surface area contributed by atoms with E-state index in [4.69, 9.17) is 13.9 Å². The maximum absolute atomic E-state index is 12.2. The van der Waals surface area contributed by atoms with Crippen molar-refractivity contribution >= 4 is 17.1 Å². The van der Waals surface area contributed by atoms with Crippen LogP contribution in [0.15, 0.2) is 47.0 Å². The van der Waals surface area contributed by atoms with Gasteiger partial charge in [-0.2, -0.15) is 0 Å². The van der Waals surface area contributed by atoms with Crippen LogP contribution in [0, 0.1) is 0 Å². The number of fused-ring (bicyclic) bond motifs is 1. The number of carbonyl (C=O) groups excluding carboxylic acids is 1. The zero-order valence-electron chi connectivity index (χ0n) is 12.1. The highest BCUT2D eigenvalue weighted by molar-refractivity contribution is 5.91. The Kier molecular flexibility index (Phi) is 3.74. The molecular formula is C16H14N2O4. The highest BCUT2D eigenvalue weighted by Crippen LogP contribution is 2.24. The topological polar surface area (TPSA) is 74.5 Å². The molecule has 1 aromatic carbocycles. The van der Waals surface area contributed by atoms with Crippen molar-refractivity contribution in [1.82, 2.24) is 9.97 Å². The zero-order valence-corrected chi connectivity index (χ0v) is 12.1. The lowest BCUT2D eigenvalue weighted by molar-refractivity contribution is 0.0278. The molecule has 0 bridgehead atoms. The van der Waals surface area contributed by atoms with E-state index in [9.17, 15) is 4.79 Å². The molecule has 22 heavy (non-hydrogen) atoms. The van der Waals surface area contributed by atoms with Crippen LogP contribution < -0.4 is 4.74 Å². The highest BCUT2D eigenvalue weighted by Gasteiger charge is 2.21. The van der Waals surface area contributed by atoms with Crippen LogP contribution in [0.5, 0.6) is 5.88 Å². The lowest BCUT2D eigenvalue weighted by atomic mass is 10.2. The summed E-state index contributed by atoms with van der Waals surface area (Å²) in [5, 5.41) is 0. The average molecular weight is 298 g/mol. The number of hydrogen-bond acceptors (Lipinski definition) is 6. The van der Waals surface area contributed by atoms with Crippen LogP contribution in [0.4, 0.5) is 0 Å². The molecule has 0 unspecified atom stereocenters. The average Bonchev–Trinajstić information content (AvgIpc) is 2.99. The summed E-state index contributed by atoms with van der Waals surface area (Å²) in [6.45, 7) is 1.70. The molecule has 0 spiro atoms. The van der Waals surface area contributed by atoms with E-state index in [1.807, 2.05) is 24.3 Å². The number of pyridine rings is 1. The minimum absolute atomic E-state index is 0.220. The Morgan fingerprint density at radius 3 is 2.82 bits per heavy atom.